The lowest BCUT2D eigenvalue weighted by atomic mass is 9.98. The molecule has 7 nitrogen and oxygen atoms in total. The van der Waals surface area contributed by atoms with Crippen molar-refractivity contribution in [3.63, 3.8) is 0 Å². The van der Waals surface area contributed by atoms with Crippen LogP contribution in [0.2, 0.25) is 0 Å². The zero-order valence-corrected chi connectivity index (χ0v) is 20.5. The Kier molecular flexibility index (Phi) is 7.97. The van der Waals surface area contributed by atoms with E-state index >= 15 is 0 Å². The second kappa shape index (κ2) is 10.7. The molecule has 1 atom stereocenters. The number of alkyl carbamates (subject to hydrolysis) is 1. The van der Waals surface area contributed by atoms with Crippen molar-refractivity contribution in [3.05, 3.63) is 59.7 Å². The first-order valence-corrected chi connectivity index (χ1v) is 11.7. The van der Waals surface area contributed by atoms with E-state index in [0.29, 0.717) is 0 Å². The zero-order valence-electron chi connectivity index (χ0n) is 20.5. The van der Waals surface area contributed by atoms with Crippen LogP contribution in [0.1, 0.15) is 58.1 Å². The molecule has 0 saturated carbocycles. The summed E-state index contributed by atoms with van der Waals surface area (Å²) in [7, 11) is 0. The Balaban J connectivity index is 1.47. The van der Waals surface area contributed by atoms with Crippen molar-refractivity contribution in [2.45, 2.75) is 58.6 Å². The largest absolute Gasteiger partial charge is 0.458 e. The highest BCUT2D eigenvalue weighted by Crippen LogP contribution is 2.44. The number of ether oxygens (including phenoxy) is 2. The fourth-order valence-electron chi connectivity index (χ4n) is 4.04. The predicted octanol–water partition coefficient (Wildman–Crippen LogP) is 4.40. The highest BCUT2D eigenvalue weighted by atomic mass is 16.6. The molecule has 0 radical (unpaired) electrons. The van der Waals surface area contributed by atoms with Crippen molar-refractivity contribution in [1.29, 1.82) is 0 Å². The molecule has 7 heteroatoms. The minimum atomic E-state index is -0.749. The van der Waals surface area contributed by atoms with Crippen LogP contribution in [-0.4, -0.2) is 42.8 Å². The van der Waals surface area contributed by atoms with Crippen LogP contribution in [0, 0.1) is 5.92 Å². The molecule has 0 fully saturated rings. The maximum Gasteiger partial charge on any atom is 0.407 e. The minimum absolute atomic E-state index is 0.0240. The van der Waals surface area contributed by atoms with Gasteiger partial charge in [0, 0.05) is 18.9 Å². The van der Waals surface area contributed by atoms with Gasteiger partial charge in [0.25, 0.3) is 0 Å². The summed E-state index contributed by atoms with van der Waals surface area (Å²) in [5.41, 5.74) is 3.96. The molecule has 2 aromatic carbocycles. The Morgan fingerprint density at radius 3 is 2.03 bits per heavy atom. The first-order chi connectivity index (χ1) is 16.1. The van der Waals surface area contributed by atoms with E-state index < -0.39 is 23.7 Å². The standard InChI is InChI=1S/C27H34N2O5/c1-17(2)24(25(31)34-27(3,4)5)29-23(30)14-15-28-26(32)33-16-22-20-12-8-6-10-18(20)19-11-7-9-13-21(19)22/h6-13,17,22,24H,14-16H2,1-5H3,(H,28,32)(H,29,30)/t24-/m0/s1. The van der Waals surface area contributed by atoms with Crippen LogP contribution < -0.4 is 10.6 Å². The van der Waals surface area contributed by atoms with Crippen LogP contribution in [-0.2, 0) is 19.1 Å². The number of esters is 1. The average Bonchev–Trinajstić information content (AvgIpc) is 3.08. The third-order valence-electron chi connectivity index (χ3n) is 5.61. The van der Waals surface area contributed by atoms with Crippen molar-refractivity contribution < 1.29 is 23.9 Å². The number of carbonyl (C=O) groups excluding carboxylic acids is 3. The molecule has 2 amide bonds. The Labute approximate surface area is 201 Å². The summed E-state index contributed by atoms with van der Waals surface area (Å²) in [4.78, 5) is 37.0. The number of carbonyl (C=O) groups is 3. The molecule has 0 saturated heterocycles. The van der Waals surface area contributed by atoms with E-state index in [2.05, 4.69) is 34.9 Å². The van der Waals surface area contributed by atoms with Crippen molar-refractivity contribution >= 4 is 18.0 Å². The lowest BCUT2D eigenvalue weighted by molar-refractivity contribution is -0.160. The summed E-state index contributed by atoms with van der Waals surface area (Å²) in [5, 5.41) is 5.32. The van der Waals surface area contributed by atoms with Gasteiger partial charge in [-0.05, 0) is 48.9 Å². The second-order valence-corrected chi connectivity index (χ2v) is 9.82. The molecule has 2 N–H and O–H groups in total. The van der Waals surface area contributed by atoms with Gasteiger partial charge in [0.05, 0.1) is 0 Å². The number of fused-ring (bicyclic) bond motifs is 3. The molecular formula is C27H34N2O5. The molecule has 0 heterocycles. The quantitative estimate of drug-likeness (QED) is 0.563. The van der Waals surface area contributed by atoms with Gasteiger partial charge in [-0.2, -0.15) is 0 Å². The summed E-state index contributed by atoms with van der Waals surface area (Å²) in [6, 6.07) is 15.5. The van der Waals surface area contributed by atoms with Gasteiger partial charge in [-0.25, -0.2) is 9.59 Å². The van der Waals surface area contributed by atoms with E-state index in [9.17, 15) is 14.4 Å². The molecule has 3 rings (SSSR count). The Morgan fingerprint density at radius 1 is 0.941 bits per heavy atom. The summed E-state index contributed by atoms with van der Waals surface area (Å²) in [6.45, 7) is 9.32. The van der Waals surface area contributed by atoms with Crippen LogP contribution in [0.5, 0.6) is 0 Å². The maximum atomic E-state index is 12.4. The molecule has 0 spiro atoms. The van der Waals surface area contributed by atoms with E-state index in [1.807, 2.05) is 38.1 Å². The van der Waals surface area contributed by atoms with Gasteiger partial charge >= 0.3 is 12.1 Å². The fraction of sp³-hybridized carbons (Fsp3) is 0.444. The van der Waals surface area contributed by atoms with E-state index in [1.165, 1.54) is 0 Å². The molecular weight excluding hydrogens is 432 g/mol. The van der Waals surface area contributed by atoms with Gasteiger partial charge in [-0.15, -0.1) is 0 Å². The minimum Gasteiger partial charge on any atom is -0.458 e. The molecule has 0 aromatic heterocycles. The maximum absolute atomic E-state index is 12.4. The Bertz CT molecular complexity index is 996. The van der Waals surface area contributed by atoms with Crippen molar-refractivity contribution in [1.82, 2.24) is 10.6 Å². The van der Waals surface area contributed by atoms with Gasteiger partial charge in [0.1, 0.15) is 18.2 Å². The van der Waals surface area contributed by atoms with Crippen LogP contribution in [0.15, 0.2) is 48.5 Å². The van der Waals surface area contributed by atoms with Crippen LogP contribution in [0.25, 0.3) is 11.1 Å². The topological polar surface area (TPSA) is 93.7 Å². The van der Waals surface area contributed by atoms with E-state index in [1.54, 1.807) is 20.8 Å². The van der Waals surface area contributed by atoms with Gasteiger partial charge in [-0.3, -0.25) is 4.79 Å². The zero-order chi connectivity index (χ0) is 24.9. The first-order valence-electron chi connectivity index (χ1n) is 11.7. The molecule has 1 aliphatic carbocycles. The highest BCUT2D eigenvalue weighted by Gasteiger charge is 2.30. The third-order valence-corrected chi connectivity index (χ3v) is 5.61. The third kappa shape index (κ3) is 6.37. The van der Waals surface area contributed by atoms with Crippen molar-refractivity contribution in [2.24, 2.45) is 5.92 Å². The molecule has 1 aliphatic rings. The summed E-state index contributed by atoms with van der Waals surface area (Å²) in [6.07, 6.45) is -0.557. The second-order valence-electron chi connectivity index (χ2n) is 9.82. The SMILES string of the molecule is CC(C)[C@H](NC(=O)CCNC(=O)OCC1c2ccccc2-c2ccccc21)C(=O)OC(C)(C)C. The van der Waals surface area contributed by atoms with Gasteiger partial charge in [0.2, 0.25) is 5.91 Å². The summed E-state index contributed by atoms with van der Waals surface area (Å²) >= 11 is 0. The molecule has 0 aliphatic heterocycles. The smallest absolute Gasteiger partial charge is 0.407 e. The number of benzene rings is 2. The summed E-state index contributed by atoms with van der Waals surface area (Å²) in [5.74, 6) is -0.972. The average molecular weight is 467 g/mol. The van der Waals surface area contributed by atoms with Crippen LogP contribution in [0.3, 0.4) is 0 Å². The number of amides is 2. The van der Waals surface area contributed by atoms with Crippen molar-refractivity contribution in [2.75, 3.05) is 13.2 Å². The molecule has 2 aromatic rings. The number of rotatable bonds is 8. The fourth-order valence-corrected chi connectivity index (χ4v) is 4.04. The van der Waals surface area contributed by atoms with E-state index in [0.717, 1.165) is 22.3 Å². The van der Waals surface area contributed by atoms with Gasteiger partial charge in [0.15, 0.2) is 0 Å². The lowest BCUT2D eigenvalue weighted by Gasteiger charge is -2.26. The lowest BCUT2D eigenvalue weighted by Crippen LogP contribution is -2.47. The molecule has 34 heavy (non-hydrogen) atoms. The normalized spacial score (nSPS) is 13.6. The van der Waals surface area contributed by atoms with Gasteiger partial charge < -0.3 is 20.1 Å². The van der Waals surface area contributed by atoms with Gasteiger partial charge in [-0.1, -0.05) is 62.4 Å². The molecule has 0 unspecified atom stereocenters. The Hall–Kier alpha value is -3.35. The highest BCUT2D eigenvalue weighted by molar-refractivity contribution is 5.85. The molecule has 182 valence electrons. The van der Waals surface area contributed by atoms with Crippen LogP contribution in [0.4, 0.5) is 4.79 Å². The van der Waals surface area contributed by atoms with E-state index in [-0.39, 0.29) is 37.3 Å². The molecule has 0 bridgehead atoms. The monoisotopic (exact) mass is 466 g/mol. The van der Waals surface area contributed by atoms with E-state index in [4.69, 9.17) is 9.47 Å². The van der Waals surface area contributed by atoms with Crippen LogP contribution >= 0.6 is 0 Å². The Morgan fingerprint density at radius 2 is 1.50 bits per heavy atom. The number of nitrogens with one attached hydrogen (secondary N) is 2. The predicted molar refractivity (Wildman–Crippen MR) is 130 cm³/mol. The number of hydrogen-bond acceptors (Lipinski definition) is 5. The van der Waals surface area contributed by atoms with Crippen molar-refractivity contribution in [3.8, 4) is 11.1 Å². The number of hydrogen-bond donors (Lipinski definition) is 2. The summed E-state index contributed by atoms with van der Waals surface area (Å²) < 4.78 is 10.9. The first kappa shape index (κ1) is 25.3.